The van der Waals surface area contributed by atoms with Gasteiger partial charge in [-0.05, 0) is 61.7 Å². The van der Waals surface area contributed by atoms with Crippen molar-refractivity contribution >= 4 is 0 Å². The Kier molecular flexibility index (Phi) is 3.74. The van der Waals surface area contributed by atoms with Gasteiger partial charge in [0.1, 0.15) is 5.60 Å². The van der Waals surface area contributed by atoms with Crippen molar-refractivity contribution in [2.24, 2.45) is 28.6 Å². The SMILES string of the molecule is C#C[C@]1(O)CC[C@H]2[C@H]3C(C(O)C[C@@]21C)[C@@]1(C)CC[C@H](O)CC1=C[C@@H]3O. The maximum Gasteiger partial charge on any atom is 0.130 e. The molecule has 2 unspecified atom stereocenters. The lowest BCUT2D eigenvalue weighted by Crippen LogP contribution is -2.62. The van der Waals surface area contributed by atoms with Crippen LogP contribution in [0.5, 0.6) is 0 Å². The molecule has 4 heteroatoms. The average molecular weight is 346 g/mol. The van der Waals surface area contributed by atoms with Gasteiger partial charge in [0, 0.05) is 5.41 Å². The van der Waals surface area contributed by atoms with E-state index >= 15 is 0 Å². The molecule has 3 saturated carbocycles. The highest BCUT2D eigenvalue weighted by atomic mass is 16.3. The molecule has 138 valence electrons. The van der Waals surface area contributed by atoms with Gasteiger partial charge in [0.05, 0.1) is 18.3 Å². The number of aliphatic hydroxyl groups is 4. The predicted molar refractivity (Wildman–Crippen MR) is 94.3 cm³/mol. The van der Waals surface area contributed by atoms with Crippen molar-refractivity contribution < 1.29 is 20.4 Å². The maximum atomic E-state index is 11.2. The van der Waals surface area contributed by atoms with E-state index in [1.807, 2.05) is 13.0 Å². The highest BCUT2D eigenvalue weighted by molar-refractivity contribution is 5.31. The van der Waals surface area contributed by atoms with Crippen LogP contribution in [0.4, 0.5) is 0 Å². The second-order valence-electron chi connectivity index (χ2n) is 9.44. The first kappa shape index (κ1) is 17.5. The van der Waals surface area contributed by atoms with Crippen LogP contribution >= 0.6 is 0 Å². The van der Waals surface area contributed by atoms with Crippen LogP contribution in [0.3, 0.4) is 0 Å². The lowest BCUT2D eigenvalue weighted by Gasteiger charge is -2.61. The molecular formula is C21H30O4. The van der Waals surface area contributed by atoms with E-state index in [1.165, 1.54) is 0 Å². The molecular weight excluding hydrogens is 316 g/mol. The fourth-order valence-corrected chi connectivity index (χ4v) is 6.99. The molecule has 0 amide bonds. The summed E-state index contributed by atoms with van der Waals surface area (Å²) in [5.74, 6) is 2.55. The average Bonchev–Trinajstić information content (AvgIpc) is 2.81. The first-order valence-electron chi connectivity index (χ1n) is 9.62. The summed E-state index contributed by atoms with van der Waals surface area (Å²) >= 11 is 0. The summed E-state index contributed by atoms with van der Waals surface area (Å²) in [5.41, 5.74) is -0.885. The molecule has 0 aromatic heterocycles. The smallest absolute Gasteiger partial charge is 0.130 e. The van der Waals surface area contributed by atoms with Crippen LogP contribution in [-0.4, -0.2) is 44.3 Å². The number of hydrogen-bond acceptors (Lipinski definition) is 4. The summed E-state index contributed by atoms with van der Waals surface area (Å²) < 4.78 is 0. The summed E-state index contributed by atoms with van der Waals surface area (Å²) in [4.78, 5) is 0. The van der Waals surface area contributed by atoms with E-state index in [4.69, 9.17) is 6.42 Å². The molecule has 4 rings (SSSR count). The van der Waals surface area contributed by atoms with Gasteiger partial charge in [0.25, 0.3) is 0 Å². The second-order valence-corrected chi connectivity index (χ2v) is 9.44. The molecule has 0 aromatic carbocycles. The third kappa shape index (κ3) is 2.10. The van der Waals surface area contributed by atoms with Crippen molar-refractivity contribution in [1.29, 1.82) is 0 Å². The van der Waals surface area contributed by atoms with Crippen molar-refractivity contribution in [2.45, 2.75) is 76.3 Å². The van der Waals surface area contributed by atoms with Crippen LogP contribution in [-0.2, 0) is 0 Å². The van der Waals surface area contributed by atoms with Gasteiger partial charge in [-0.1, -0.05) is 31.4 Å². The van der Waals surface area contributed by atoms with E-state index in [1.54, 1.807) is 0 Å². The Morgan fingerprint density at radius 1 is 1.16 bits per heavy atom. The number of aliphatic hydroxyl groups excluding tert-OH is 3. The van der Waals surface area contributed by atoms with Crippen LogP contribution in [0.25, 0.3) is 0 Å². The number of terminal acetylenes is 1. The Morgan fingerprint density at radius 2 is 1.88 bits per heavy atom. The minimum atomic E-state index is -1.21. The second kappa shape index (κ2) is 5.33. The predicted octanol–water partition coefficient (Wildman–Crippen LogP) is 1.62. The monoisotopic (exact) mass is 346 g/mol. The van der Waals surface area contributed by atoms with Gasteiger partial charge in [0.15, 0.2) is 0 Å². The summed E-state index contributed by atoms with van der Waals surface area (Å²) in [7, 11) is 0. The molecule has 9 atom stereocenters. The fraction of sp³-hybridized carbons (Fsp3) is 0.810. The van der Waals surface area contributed by atoms with E-state index in [0.717, 1.165) is 24.8 Å². The first-order chi connectivity index (χ1) is 11.7. The largest absolute Gasteiger partial charge is 0.393 e. The zero-order chi connectivity index (χ0) is 18.2. The fourth-order valence-electron chi connectivity index (χ4n) is 6.99. The third-order valence-corrected chi connectivity index (χ3v) is 8.43. The molecule has 4 aliphatic rings. The quantitative estimate of drug-likeness (QED) is 0.397. The van der Waals surface area contributed by atoms with Gasteiger partial charge in [-0.15, -0.1) is 6.42 Å². The van der Waals surface area contributed by atoms with E-state index in [9.17, 15) is 20.4 Å². The van der Waals surface area contributed by atoms with Crippen molar-refractivity contribution in [3.8, 4) is 12.3 Å². The highest BCUT2D eigenvalue weighted by Crippen LogP contribution is 2.66. The van der Waals surface area contributed by atoms with Crippen molar-refractivity contribution in [1.82, 2.24) is 0 Å². The Balaban J connectivity index is 1.80. The third-order valence-electron chi connectivity index (χ3n) is 8.43. The molecule has 4 aliphatic carbocycles. The van der Waals surface area contributed by atoms with Crippen LogP contribution < -0.4 is 0 Å². The van der Waals surface area contributed by atoms with Gasteiger partial charge >= 0.3 is 0 Å². The molecule has 4 N–H and O–H groups in total. The zero-order valence-electron chi connectivity index (χ0n) is 15.2. The van der Waals surface area contributed by atoms with Crippen LogP contribution in [0.1, 0.15) is 52.4 Å². The molecule has 0 heterocycles. The van der Waals surface area contributed by atoms with E-state index < -0.39 is 23.2 Å². The molecule has 0 saturated heterocycles. The van der Waals surface area contributed by atoms with E-state index in [0.29, 0.717) is 19.3 Å². The lowest BCUT2D eigenvalue weighted by molar-refractivity contribution is -0.172. The minimum absolute atomic E-state index is 0.0480. The number of rotatable bonds is 0. The van der Waals surface area contributed by atoms with Gasteiger partial charge in [-0.2, -0.15) is 0 Å². The van der Waals surface area contributed by atoms with Crippen molar-refractivity contribution in [3.05, 3.63) is 11.6 Å². The highest BCUT2D eigenvalue weighted by Gasteiger charge is 2.67. The topological polar surface area (TPSA) is 80.9 Å². The maximum absolute atomic E-state index is 11.2. The molecule has 0 aliphatic heterocycles. The van der Waals surface area contributed by atoms with Gasteiger partial charge in [-0.3, -0.25) is 0 Å². The summed E-state index contributed by atoms with van der Waals surface area (Å²) in [5, 5.41) is 43.2. The molecule has 0 aromatic rings. The van der Waals surface area contributed by atoms with Gasteiger partial charge in [-0.25, -0.2) is 0 Å². The Hall–Kier alpha value is -0.860. The molecule has 0 radical (unpaired) electrons. The summed E-state index contributed by atoms with van der Waals surface area (Å²) in [6.45, 7) is 4.17. The molecule has 0 bridgehead atoms. The van der Waals surface area contributed by atoms with E-state index in [-0.39, 0.29) is 29.3 Å². The van der Waals surface area contributed by atoms with Crippen LogP contribution in [0.15, 0.2) is 11.6 Å². The Bertz CT molecular complexity index is 651. The van der Waals surface area contributed by atoms with E-state index in [2.05, 4.69) is 12.8 Å². The summed E-state index contributed by atoms with van der Waals surface area (Å²) in [6.07, 6.45) is 9.90. The Morgan fingerprint density at radius 3 is 2.56 bits per heavy atom. The van der Waals surface area contributed by atoms with Crippen molar-refractivity contribution in [2.75, 3.05) is 0 Å². The normalized spacial score (nSPS) is 57.7. The Labute approximate surface area is 150 Å². The van der Waals surface area contributed by atoms with Gasteiger partial charge in [0.2, 0.25) is 0 Å². The van der Waals surface area contributed by atoms with Crippen LogP contribution in [0.2, 0.25) is 0 Å². The van der Waals surface area contributed by atoms with Crippen molar-refractivity contribution in [3.63, 3.8) is 0 Å². The molecule has 0 spiro atoms. The molecule has 25 heavy (non-hydrogen) atoms. The first-order valence-corrected chi connectivity index (χ1v) is 9.62. The standard InChI is InChI=1S/C21H30O4/c1-4-21(25)8-6-14-17-15(23)10-12-9-13(22)5-7-19(12,2)18(17)16(24)11-20(14,21)3/h1,10,13-18,22-25H,5-9,11H2,2-3H3/t13-,14-,15-,16?,17+,18?,19-,20-,21-/m0/s1. The van der Waals surface area contributed by atoms with Crippen LogP contribution in [0, 0.1) is 40.9 Å². The minimum Gasteiger partial charge on any atom is -0.393 e. The van der Waals surface area contributed by atoms with Gasteiger partial charge < -0.3 is 20.4 Å². The molecule has 4 nitrogen and oxygen atoms in total. The number of hydrogen-bond donors (Lipinski definition) is 4. The zero-order valence-corrected chi connectivity index (χ0v) is 15.2. The summed E-state index contributed by atoms with van der Waals surface area (Å²) in [6, 6.07) is 0. The number of fused-ring (bicyclic) bond motifs is 5. The lowest BCUT2D eigenvalue weighted by atomic mass is 9.45. The molecule has 3 fully saturated rings.